The van der Waals surface area contributed by atoms with Crippen LogP contribution in [-0.4, -0.2) is 26.3 Å². The highest BCUT2D eigenvalue weighted by Gasteiger charge is 2.37. The number of hydrogen-bond acceptors (Lipinski definition) is 7. The summed E-state index contributed by atoms with van der Waals surface area (Å²) >= 11 is 9.49. The first kappa shape index (κ1) is 30.0. The van der Waals surface area contributed by atoms with E-state index >= 15 is 0 Å². The molecular formula is C31H22BrClN2O7S. The average molecular weight is 682 g/mol. The summed E-state index contributed by atoms with van der Waals surface area (Å²) in [5, 5.41) is 2.71. The molecule has 43 heavy (non-hydrogen) atoms. The van der Waals surface area contributed by atoms with Crippen molar-refractivity contribution in [2.24, 2.45) is 0 Å². The van der Waals surface area contributed by atoms with Crippen molar-refractivity contribution in [2.45, 2.75) is 18.4 Å². The number of ether oxygens (including phenoxy) is 1. The Balaban J connectivity index is 1.41. The number of urea groups is 1. The van der Waals surface area contributed by atoms with E-state index in [0.717, 1.165) is 16.0 Å². The number of carbonyl (C=O) groups is 3. The summed E-state index contributed by atoms with van der Waals surface area (Å²) in [7, 11) is -4.24. The van der Waals surface area contributed by atoms with Crippen LogP contribution in [0.3, 0.4) is 0 Å². The number of benzene rings is 4. The van der Waals surface area contributed by atoms with Crippen LogP contribution in [0, 0.1) is 6.92 Å². The number of rotatable bonds is 8. The topological polar surface area (TPSA) is 119 Å². The van der Waals surface area contributed by atoms with Gasteiger partial charge in [0.2, 0.25) is 0 Å². The molecular weight excluding hydrogens is 660 g/mol. The van der Waals surface area contributed by atoms with Gasteiger partial charge in [-0.1, -0.05) is 63.4 Å². The van der Waals surface area contributed by atoms with Crippen LogP contribution in [0.2, 0.25) is 5.02 Å². The molecule has 12 heteroatoms. The highest BCUT2D eigenvalue weighted by atomic mass is 79.9. The highest BCUT2D eigenvalue weighted by Crippen LogP contribution is 2.31. The van der Waals surface area contributed by atoms with E-state index in [1.54, 1.807) is 36.4 Å². The molecule has 0 saturated carbocycles. The first-order valence-electron chi connectivity index (χ1n) is 12.7. The summed E-state index contributed by atoms with van der Waals surface area (Å²) in [6, 6.07) is 22.9. The van der Waals surface area contributed by atoms with Crippen molar-refractivity contribution in [3.63, 3.8) is 0 Å². The number of amides is 4. The lowest BCUT2D eigenvalue weighted by molar-refractivity contribution is -0.122. The number of nitrogens with zero attached hydrogens (tertiary/aromatic N) is 1. The Hall–Kier alpha value is -4.45. The Kier molecular flexibility index (Phi) is 8.67. The summed E-state index contributed by atoms with van der Waals surface area (Å²) in [4.78, 5) is 39.7. The largest absolute Gasteiger partial charge is 0.489 e. The van der Waals surface area contributed by atoms with Gasteiger partial charge in [0.25, 0.3) is 11.8 Å². The Morgan fingerprint density at radius 2 is 1.63 bits per heavy atom. The SMILES string of the molecule is Cc1ccc(S(=O)(=O)Oc2ccc(Br)cc2/C=C2\C(=O)NC(=O)N(c3ccc(OCc4ccccc4Cl)cc3)C2=O)cc1. The Morgan fingerprint density at radius 1 is 0.930 bits per heavy atom. The average Bonchev–Trinajstić information content (AvgIpc) is 2.97. The van der Waals surface area contributed by atoms with Gasteiger partial charge in [0, 0.05) is 20.6 Å². The number of anilines is 1. The molecule has 0 spiro atoms. The fraction of sp³-hybridized carbons (Fsp3) is 0.0645. The number of barbiturate groups is 1. The minimum absolute atomic E-state index is 0.0674. The molecule has 1 aliphatic rings. The summed E-state index contributed by atoms with van der Waals surface area (Å²) in [5.74, 6) is -1.52. The minimum atomic E-state index is -4.24. The third-order valence-electron chi connectivity index (χ3n) is 6.33. The van der Waals surface area contributed by atoms with Crippen molar-refractivity contribution >= 4 is 67.3 Å². The molecule has 0 unspecified atom stereocenters. The summed E-state index contributed by atoms with van der Waals surface area (Å²) in [6.45, 7) is 2.03. The van der Waals surface area contributed by atoms with Crippen LogP contribution in [0.15, 0.2) is 106 Å². The molecule has 1 aliphatic heterocycles. The van der Waals surface area contributed by atoms with Crippen LogP contribution < -0.4 is 19.1 Å². The van der Waals surface area contributed by atoms with Crippen LogP contribution in [0.1, 0.15) is 16.7 Å². The van der Waals surface area contributed by atoms with Crippen molar-refractivity contribution in [2.75, 3.05) is 4.90 Å². The quantitative estimate of drug-likeness (QED) is 0.129. The van der Waals surface area contributed by atoms with Gasteiger partial charge < -0.3 is 8.92 Å². The smallest absolute Gasteiger partial charge is 0.339 e. The Labute approximate surface area is 260 Å². The molecule has 1 saturated heterocycles. The molecule has 0 atom stereocenters. The molecule has 4 amide bonds. The standard InChI is InChI=1S/C31H22BrClN2O7S/c1-19-6-13-25(14-7-19)43(39,40)42-28-15-8-22(32)16-21(28)17-26-29(36)34-31(38)35(30(26)37)23-9-11-24(12-10-23)41-18-20-4-2-3-5-27(20)33/h2-17H,18H2,1H3,(H,34,36,38)/b26-17+. The molecule has 4 aromatic rings. The van der Waals surface area contributed by atoms with E-state index in [0.29, 0.717) is 15.2 Å². The molecule has 1 fully saturated rings. The molecule has 9 nitrogen and oxygen atoms in total. The van der Waals surface area contributed by atoms with E-state index in [4.69, 9.17) is 20.5 Å². The van der Waals surface area contributed by atoms with Crippen LogP contribution in [0.4, 0.5) is 10.5 Å². The molecule has 5 rings (SSSR count). The second-order valence-electron chi connectivity index (χ2n) is 9.36. The van der Waals surface area contributed by atoms with Gasteiger partial charge in [0.1, 0.15) is 28.6 Å². The summed E-state index contributed by atoms with van der Waals surface area (Å²) < 4.78 is 37.6. The Bertz CT molecular complexity index is 1880. The Morgan fingerprint density at radius 3 is 2.33 bits per heavy atom. The van der Waals surface area contributed by atoms with E-state index < -0.39 is 33.5 Å². The predicted octanol–water partition coefficient (Wildman–Crippen LogP) is 6.42. The van der Waals surface area contributed by atoms with Gasteiger partial charge in [-0.25, -0.2) is 9.69 Å². The molecule has 0 radical (unpaired) electrons. The fourth-order valence-electron chi connectivity index (χ4n) is 4.09. The fourth-order valence-corrected chi connectivity index (χ4v) is 5.62. The van der Waals surface area contributed by atoms with Gasteiger partial charge in [0.15, 0.2) is 0 Å². The summed E-state index contributed by atoms with van der Waals surface area (Å²) in [6.07, 6.45) is 1.17. The monoisotopic (exact) mass is 680 g/mol. The van der Waals surface area contributed by atoms with Gasteiger partial charge in [-0.15, -0.1) is 0 Å². The zero-order valence-corrected chi connectivity index (χ0v) is 25.6. The lowest BCUT2D eigenvalue weighted by Crippen LogP contribution is -2.54. The third kappa shape index (κ3) is 6.80. The van der Waals surface area contributed by atoms with E-state index in [9.17, 15) is 22.8 Å². The maximum Gasteiger partial charge on any atom is 0.339 e. The summed E-state index contributed by atoms with van der Waals surface area (Å²) in [5.41, 5.74) is 1.54. The predicted molar refractivity (Wildman–Crippen MR) is 164 cm³/mol. The van der Waals surface area contributed by atoms with Crippen LogP contribution in [0.5, 0.6) is 11.5 Å². The molecule has 218 valence electrons. The second-order valence-corrected chi connectivity index (χ2v) is 12.2. The molecule has 0 aliphatic carbocycles. The van der Waals surface area contributed by atoms with Gasteiger partial charge in [-0.3, -0.25) is 14.9 Å². The lowest BCUT2D eigenvalue weighted by Gasteiger charge is -2.26. The van der Waals surface area contributed by atoms with Crippen LogP contribution in [-0.2, 0) is 26.3 Å². The maximum absolute atomic E-state index is 13.5. The highest BCUT2D eigenvalue weighted by molar-refractivity contribution is 9.10. The van der Waals surface area contributed by atoms with Gasteiger partial charge >= 0.3 is 16.1 Å². The number of aryl methyl sites for hydroxylation is 1. The first-order valence-corrected chi connectivity index (χ1v) is 15.3. The molecule has 0 aromatic heterocycles. The zero-order chi connectivity index (χ0) is 30.7. The molecule has 4 aromatic carbocycles. The maximum atomic E-state index is 13.5. The number of hydrogen-bond donors (Lipinski definition) is 1. The third-order valence-corrected chi connectivity index (χ3v) is 8.44. The molecule has 1 heterocycles. The molecule has 1 N–H and O–H groups in total. The van der Waals surface area contributed by atoms with Gasteiger partial charge in [-0.2, -0.15) is 8.42 Å². The number of nitrogens with one attached hydrogen (secondary N) is 1. The van der Waals surface area contributed by atoms with Crippen molar-refractivity contribution in [3.05, 3.63) is 123 Å². The zero-order valence-electron chi connectivity index (χ0n) is 22.4. The van der Waals surface area contributed by atoms with E-state index in [1.807, 2.05) is 25.1 Å². The van der Waals surface area contributed by atoms with Crippen molar-refractivity contribution in [1.82, 2.24) is 5.32 Å². The molecule has 0 bridgehead atoms. The lowest BCUT2D eigenvalue weighted by atomic mass is 10.1. The van der Waals surface area contributed by atoms with E-state index in [1.165, 1.54) is 42.5 Å². The van der Waals surface area contributed by atoms with Crippen molar-refractivity contribution in [3.8, 4) is 11.5 Å². The van der Waals surface area contributed by atoms with Crippen LogP contribution in [0.25, 0.3) is 6.08 Å². The van der Waals surface area contributed by atoms with Crippen molar-refractivity contribution < 1.29 is 31.7 Å². The number of halogens is 2. The van der Waals surface area contributed by atoms with E-state index in [-0.39, 0.29) is 28.5 Å². The van der Waals surface area contributed by atoms with E-state index in [2.05, 4.69) is 21.2 Å². The normalized spacial score (nSPS) is 14.5. The van der Waals surface area contributed by atoms with Gasteiger partial charge in [-0.05, 0) is 73.7 Å². The first-order chi connectivity index (χ1) is 20.5. The number of imide groups is 2. The van der Waals surface area contributed by atoms with Crippen LogP contribution >= 0.6 is 27.5 Å². The van der Waals surface area contributed by atoms with Crippen molar-refractivity contribution in [1.29, 1.82) is 0 Å². The minimum Gasteiger partial charge on any atom is -0.489 e. The number of carbonyl (C=O) groups excluding carboxylic acids is 3. The second kappa shape index (κ2) is 12.4. The van der Waals surface area contributed by atoms with Gasteiger partial charge in [0.05, 0.1) is 5.69 Å².